The first kappa shape index (κ1) is 19.3. The third-order valence-electron chi connectivity index (χ3n) is 3.85. The van der Waals surface area contributed by atoms with Gasteiger partial charge in [0.1, 0.15) is 5.75 Å². The van der Waals surface area contributed by atoms with E-state index >= 15 is 0 Å². The molecule has 1 atom stereocenters. The first-order chi connectivity index (χ1) is 10.7. The first-order valence-electron chi connectivity index (χ1n) is 8.20. The maximum atomic E-state index is 11.7. The Morgan fingerprint density at radius 1 is 1.17 bits per heavy atom. The minimum atomic E-state index is -0.899. The van der Waals surface area contributed by atoms with E-state index in [2.05, 4.69) is 10.6 Å². The van der Waals surface area contributed by atoms with E-state index in [0.29, 0.717) is 6.54 Å². The number of rotatable bonds is 8. The number of hydrogen-bond acceptors (Lipinski definition) is 3. The second kappa shape index (κ2) is 8.77. The number of hydrogen-bond donors (Lipinski definition) is 3. The van der Waals surface area contributed by atoms with Gasteiger partial charge in [-0.1, -0.05) is 26.0 Å². The summed E-state index contributed by atoms with van der Waals surface area (Å²) in [4.78, 5) is 11.7. The number of amides is 2. The Morgan fingerprint density at radius 2 is 1.78 bits per heavy atom. The fourth-order valence-electron chi connectivity index (χ4n) is 1.85. The van der Waals surface area contributed by atoms with E-state index < -0.39 is 5.60 Å². The van der Waals surface area contributed by atoms with Gasteiger partial charge in [0.05, 0.1) is 11.7 Å². The largest absolute Gasteiger partial charge is 0.491 e. The number of aliphatic hydroxyl groups is 1. The summed E-state index contributed by atoms with van der Waals surface area (Å²) < 4.78 is 5.59. The summed E-state index contributed by atoms with van der Waals surface area (Å²) in [5, 5.41) is 15.6. The lowest BCUT2D eigenvalue weighted by molar-refractivity contribution is 0.0166. The molecule has 5 heteroatoms. The molecule has 0 aliphatic rings. The fourth-order valence-corrected chi connectivity index (χ4v) is 1.85. The van der Waals surface area contributed by atoms with E-state index in [1.165, 1.54) is 0 Å². The molecule has 1 rings (SSSR count). The third-order valence-corrected chi connectivity index (χ3v) is 3.85. The van der Waals surface area contributed by atoms with Crippen LogP contribution in [0, 0.1) is 5.92 Å². The molecule has 0 spiro atoms. The molecule has 3 N–H and O–H groups in total. The zero-order valence-corrected chi connectivity index (χ0v) is 14.8. The van der Waals surface area contributed by atoms with Gasteiger partial charge >= 0.3 is 6.03 Å². The Labute approximate surface area is 139 Å². The molecule has 1 aromatic rings. The van der Waals surface area contributed by atoms with Crippen LogP contribution in [0.3, 0.4) is 0 Å². The third kappa shape index (κ3) is 7.37. The molecule has 0 aromatic heterocycles. The molecular weight excluding hydrogens is 292 g/mol. The Balaban J connectivity index is 2.29. The van der Waals surface area contributed by atoms with Crippen LogP contribution in [0.4, 0.5) is 4.79 Å². The second-order valence-corrected chi connectivity index (χ2v) is 6.68. The van der Waals surface area contributed by atoms with Crippen LogP contribution >= 0.6 is 0 Å². The lowest BCUT2D eigenvalue weighted by Crippen LogP contribution is -2.47. The van der Waals surface area contributed by atoms with Gasteiger partial charge in [0.25, 0.3) is 0 Å². The van der Waals surface area contributed by atoms with Crippen LogP contribution < -0.4 is 15.4 Å². The number of carbonyl (C=O) groups is 1. The first-order valence-corrected chi connectivity index (χ1v) is 8.20. The fraction of sp³-hybridized carbons (Fsp3) is 0.611. The lowest BCUT2D eigenvalue weighted by atomic mass is 9.93. The van der Waals surface area contributed by atoms with E-state index in [1.807, 2.05) is 52.0 Å². The molecule has 1 unspecified atom stereocenters. The molecule has 23 heavy (non-hydrogen) atoms. The van der Waals surface area contributed by atoms with Crippen molar-refractivity contribution in [2.75, 3.05) is 13.1 Å². The monoisotopic (exact) mass is 322 g/mol. The van der Waals surface area contributed by atoms with Crippen LogP contribution in [0.1, 0.15) is 40.2 Å². The molecule has 0 bridgehead atoms. The van der Waals surface area contributed by atoms with E-state index in [0.717, 1.165) is 17.7 Å². The van der Waals surface area contributed by atoms with E-state index in [-0.39, 0.29) is 24.6 Å². The highest BCUT2D eigenvalue weighted by atomic mass is 16.5. The standard InChI is InChI=1S/C18H30N2O3/c1-13(2)18(5,22)12-20-17(21)19-11-10-15-6-8-16(9-7-15)23-14(3)4/h6-9,13-14,22H,10-12H2,1-5H3,(H2,19,20,21). The van der Waals surface area contributed by atoms with E-state index in [4.69, 9.17) is 4.74 Å². The maximum absolute atomic E-state index is 11.7. The van der Waals surface area contributed by atoms with Gasteiger partial charge in [0.15, 0.2) is 0 Å². The van der Waals surface area contributed by atoms with Crippen LogP contribution in [0.5, 0.6) is 5.75 Å². The highest BCUT2D eigenvalue weighted by Gasteiger charge is 2.25. The minimum Gasteiger partial charge on any atom is -0.491 e. The molecule has 0 fully saturated rings. The molecule has 0 heterocycles. The Morgan fingerprint density at radius 3 is 2.30 bits per heavy atom. The van der Waals surface area contributed by atoms with Crippen molar-refractivity contribution in [2.45, 2.75) is 52.7 Å². The molecule has 1 aromatic carbocycles. The van der Waals surface area contributed by atoms with Gasteiger partial charge in [-0.15, -0.1) is 0 Å². The molecule has 0 aliphatic carbocycles. The Hall–Kier alpha value is -1.75. The van der Waals surface area contributed by atoms with E-state index in [1.54, 1.807) is 6.92 Å². The maximum Gasteiger partial charge on any atom is 0.314 e. The molecule has 0 aliphatic heterocycles. The number of ether oxygens (including phenoxy) is 1. The number of benzene rings is 1. The van der Waals surface area contributed by atoms with Crippen molar-refractivity contribution >= 4 is 6.03 Å². The van der Waals surface area contributed by atoms with Gasteiger partial charge in [-0.25, -0.2) is 4.79 Å². The summed E-state index contributed by atoms with van der Waals surface area (Å²) in [6, 6.07) is 7.62. The number of carbonyl (C=O) groups excluding carboxylic acids is 1. The quantitative estimate of drug-likeness (QED) is 0.689. The predicted octanol–water partition coefficient (Wildman–Crippen LogP) is 2.72. The SMILES string of the molecule is CC(C)Oc1ccc(CCNC(=O)NCC(C)(O)C(C)C)cc1. The number of nitrogens with one attached hydrogen (secondary N) is 2. The van der Waals surface area contributed by atoms with Crippen LogP contribution in [0.25, 0.3) is 0 Å². The normalized spacial score (nSPS) is 13.7. The lowest BCUT2D eigenvalue weighted by Gasteiger charge is -2.27. The van der Waals surface area contributed by atoms with Gasteiger partial charge in [-0.3, -0.25) is 0 Å². The van der Waals surface area contributed by atoms with Crippen LogP contribution in [-0.4, -0.2) is 35.9 Å². The highest BCUT2D eigenvalue weighted by molar-refractivity contribution is 5.73. The second-order valence-electron chi connectivity index (χ2n) is 6.68. The topological polar surface area (TPSA) is 70.6 Å². The van der Waals surface area contributed by atoms with Crippen LogP contribution in [0.2, 0.25) is 0 Å². The van der Waals surface area contributed by atoms with Crippen molar-refractivity contribution in [2.24, 2.45) is 5.92 Å². The van der Waals surface area contributed by atoms with E-state index in [9.17, 15) is 9.90 Å². The molecule has 0 saturated heterocycles. The summed E-state index contributed by atoms with van der Waals surface area (Å²) >= 11 is 0. The van der Waals surface area contributed by atoms with Gasteiger partial charge in [0.2, 0.25) is 0 Å². The van der Waals surface area contributed by atoms with Gasteiger partial charge in [-0.05, 0) is 50.8 Å². The summed E-state index contributed by atoms with van der Waals surface area (Å²) in [5.41, 5.74) is 0.236. The summed E-state index contributed by atoms with van der Waals surface area (Å²) in [7, 11) is 0. The van der Waals surface area contributed by atoms with Crippen molar-refractivity contribution in [1.82, 2.24) is 10.6 Å². The minimum absolute atomic E-state index is 0.0781. The summed E-state index contributed by atoms with van der Waals surface area (Å²) in [5.74, 6) is 0.930. The van der Waals surface area contributed by atoms with Crippen molar-refractivity contribution in [3.05, 3.63) is 29.8 Å². The molecular formula is C18H30N2O3. The van der Waals surface area contributed by atoms with Crippen molar-refractivity contribution in [3.63, 3.8) is 0 Å². The average molecular weight is 322 g/mol. The van der Waals surface area contributed by atoms with Crippen molar-refractivity contribution < 1.29 is 14.6 Å². The zero-order chi connectivity index (χ0) is 17.5. The predicted molar refractivity (Wildman–Crippen MR) is 92.8 cm³/mol. The summed E-state index contributed by atoms with van der Waals surface area (Å²) in [6.07, 6.45) is 0.907. The van der Waals surface area contributed by atoms with Gasteiger partial charge in [0, 0.05) is 13.1 Å². The molecule has 2 amide bonds. The molecule has 130 valence electrons. The average Bonchev–Trinajstić information content (AvgIpc) is 2.46. The van der Waals surface area contributed by atoms with Crippen molar-refractivity contribution in [1.29, 1.82) is 0 Å². The van der Waals surface area contributed by atoms with Crippen molar-refractivity contribution in [3.8, 4) is 5.75 Å². The molecule has 5 nitrogen and oxygen atoms in total. The van der Waals surface area contributed by atoms with Crippen LogP contribution in [0.15, 0.2) is 24.3 Å². The highest BCUT2D eigenvalue weighted by Crippen LogP contribution is 2.15. The van der Waals surface area contributed by atoms with Gasteiger partial charge < -0.3 is 20.5 Å². The smallest absolute Gasteiger partial charge is 0.314 e. The van der Waals surface area contributed by atoms with Crippen LogP contribution in [-0.2, 0) is 6.42 Å². The Kier molecular flexibility index (Phi) is 7.36. The molecule has 0 radical (unpaired) electrons. The molecule has 0 saturated carbocycles. The van der Waals surface area contributed by atoms with Gasteiger partial charge in [-0.2, -0.15) is 0 Å². The number of urea groups is 1. The summed E-state index contributed by atoms with van der Waals surface area (Å²) in [6.45, 7) is 10.3. The zero-order valence-electron chi connectivity index (χ0n) is 14.8. The Bertz CT molecular complexity index is 482.